The molecule has 0 bridgehead atoms. The third-order valence-electron chi connectivity index (χ3n) is 2.72. The first-order valence-corrected chi connectivity index (χ1v) is 7.11. The summed E-state index contributed by atoms with van der Waals surface area (Å²) in [6.45, 7) is 0.442. The zero-order chi connectivity index (χ0) is 16.5. The Morgan fingerprint density at radius 2 is 2.00 bits per heavy atom. The smallest absolute Gasteiger partial charge is 0.347 e. The summed E-state index contributed by atoms with van der Waals surface area (Å²) in [5, 5.41) is 11.5. The number of aliphatic carboxylic acids is 1. The maximum absolute atomic E-state index is 12.0. The highest BCUT2D eigenvalue weighted by molar-refractivity contribution is 6.18. The summed E-state index contributed by atoms with van der Waals surface area (Å²) in [4.78, 5) is 34.1. The van der Waals surface area contributed by atoms with Crippen LogP contribution in [0.4, 0.5) is 5.69 Å². The number of hydrogen-bond donors (Lipinski definition) is 3. The molecule has 0 amide bonds. The number of halogens is 1. The average Bonchev–Trinajstić information content (AvgIpc) is 2.50. The molecule has 0 aliphatic rings. The first-order valence-electron chi connectivity index (χ1n) is 6.58. The molecule has 0 fully saturated rings. The number of benzene rings is 1. The van der Waals surface area contributed by atoms with Crippen molar-refractivity contribution in [3.8, 4) is 0 Å². The highest BCUT2D eigenvalue weighted by Crippen LogP contribution is 2.16. The van der Waals surface area contributed by atoms with Gasteiger partial charge in [-0.05, 0) is 18.6 Å². The van der Waals surface area contributed by atoms with Crippen LogP contribution in [0.3, 0.4) is 0 Å². The van der Waals surface area contributed by atoms with Crippen molar-refractivity contribution in [2.45, 2.75) is 18.9 Å². The second kappa shape index (κ2) is 9.01. The Labute approximate surface area is 132 Å². The fourth-order valence-corrected chi connectivity index (χ4v) is 1.71. The zero-order valence-electron chi connectivity index (χ0n) is 11.8. The normalized spacial score (nSPS) is 11.5. The van der Waals surface area contributed by atoms with E-state index < -0.39 is 23.9 Å². The molecule has 1 aromatic rings. The van der Waals surface area contributed by atoms with Crippen LogP contribution in [-0.4, -0.2) is 41.5 Å². The molecule has 0 saturated carbocycles. The second-order valence-corrected chi connectivity index (χ2v) is 4.79. The SMILES string of the molecule is N[C@@H](CCC(=O)O)C(=O)OC(=O)c1ccccc1NCCCl. The number of ether oxygens (including phenoxy) is 1. The number of hydrogen-bond acceptors (Lipinski definition) is 6. The molecule has 1 aromatic carbocycles. The fraction of sp³-hybridized carbons (Fsp3) is 0.357. The summed E-state index contributed by atoms with van der Waals surface area (Å²) in [5.74, 6) is -2.54. The Kier molecular flexibility index (Phi) is 7.34. The lowest BCUT2D eigenvalue weighted by Crippen LogP contribution is -2.34. The molecule has 0 saturated heterocycles. The van der Waals surface area contributed by atoms with E-state index >= 15 is 0 Å². The van der Waals surface area contributed by atoms with Crippen LogP contribution in [0.15, 0.2) is 24.3 Å². The Hall–Kier alpha value is -2.12. The van der Waals surface area contributed by atoms with E-state index in [1.54, 1.807) is 18.2 Å². The minimum atomic E-state index is -1.16. The van der Waals surface area contributed by atoms with Crippen LogP contribution in [0.5, 0.6) is 0 Å². The molecule has 4 N–H and O–H groups in total. The van der Waals surface area contributed by atoms with E-state index in [9.17, 15) is 14.4 Å². The first kappa shape index (κ1) is 17.9. The van der Waals surface area contributed by atoms with Gasteiger partial charge in [-0.1, -0.05) is 12.1 Å². The Balaban J connectivity index is 2.68. The van der Waals surface area contributed by atoms with Crippen LogP contribution in [0, 0.1) is 0 Å². The van der Waals surface area contributed by atoms with Gasteiger partial charge in [-0.25, -0.2) is 9.59 Å². The molecule has 120 valence electrons. The van der Waals surface area contributed by atoms with Crippen molar-refractivity contribution in [1.82, 2.24) is 0 Å². The van der Waals surface area contributed by atoms with Gasteiger partial charge < -0.3 is 20.9 Å². The van der Waals surface area contributed by atoms with Crippen LogP contribution < -0.4 is 11.1 Å². The van der Waals surface area contributed by atoms with E-state index in [4.69, 9.17) is 22.4 Å². The van der Waals surface area contributed by atoms with Gasteiger partial charge in [0.1, 0.15) is 6.04 Å². The van der Waals surface area contributed by atoms with Crippen molar-refractivity contribution in [1.29, 1.82) is 0 Å². The number of para-hydroxylation sites is 1. The van der Waals surface area contributed by atoms with E-state index in [-0.39, 0.29) is 18.4 Å². The van der Waals surface area contributed by atoms with Gasteiger partial charge in [0.05, 0.1) is 5.56 Å². The van der Waals surface area contributed by atoms with Crippen LogP contribution in [0.2, 0.25) is 0 Å². The third-order valence-corrected chi connectivity index (χ3v) is 2.91. The predicted octanol–water partition coefficient (Wildman–Crippen LogP) is 1.21. The number of alkyl halides is 1. The molecular formula is C14H17ClN2O5. The molecule has 8 heteroatoms. The number of anilines is 1. The maximum Gasteiger partial charge on any atom is 0.347 e. The number of carbonyl (C=O) groups excluding carboxylic acids is 2. The van der Waals surface area contributed by atoms with Gasteiger partial charge in [-0.3, -0.25) is 4.79 Å². The lowest BCUT2D eigenvalue weighted by atomic mass is 10.1. The van der Waals surface area contributed by atoms with E-state index in [1.807, 2.05) is 0 Å². The van der Waals surface area contributed by atoms with Crippen molar-refractivity contribution >= 4 is 35.2 Å². The molecule has 7 nitrogen and oxygen atoms in total. The van der Waals surface area contributed by atoms with E-state index in [1.165, 1.54) is 6.07 Å². The van der Waals surface area contributed by atoms with Crippen molar-refractivity contribution in [2.24, 2.45) is 5.73 Å². The maximum atomic E-state index is 12.0. The molecule has 0 aliphatic heterocycles. The van der Waals surface area contributed by atoms with Crippen LogP contribution in [-0.2, 0) is 14.3 Å². The highest BCUT2D eigenvalue weighted by Gasteiger charge is 2.22. The van der Waals surface area contributed by atoms with Crippen molar-refractivity contribution in [2.75, 3.05) is 17.7 Å². The van der Waals surface area contributed by atoms with Crippen molar-refractivity contribution < 1.29 is 24.2 Å². The number of carbonyl (C=O) groups is 3. The molecule has 0 unspecified atom stereocenters. The Bertz CT molecular complexity index is 550. The largest absolute Gasteiger partial charge is 0.481 e. The summed E-state index contributed by atoms with van der Waals surface area (Å²) >= 11 is 5.57. The standard InChI is InChI=1S/C14H17ClN2O5/c15-7-8-17-11-4-2-1-3-9(11)13(20)22-14(21)10(16)5-6-12(18)19/h1-4,10,17H,5-8,16H2,(H,18,19)/t10-/m0/s1. The van der Waals surface area contributed by atoms with Crippen LogP contribution >= 0.6 is 11.6 Å². The molecule has 1 atom stereocenters. The molecule has 0 heterocycles. The van der Waals surface area contributed by atoms with Gasteiger partial charge in [0.15, 0.2) is 0 Å². The molecular weight excluding hydrogens is 312 g/mol. The fourth-order valence-electron chi connectivity index (χ4n) is 1.62. The van der Waals surface area contributed by atoms with Gasteiger partial charge in [0.25, 0.3) is 0 Å². The monoisotopic (exact) mass is 328 g/mol. The lowest BCUT2D eigenvalue weighted by molar-refractivity contribution is -0.140. The van der Waals surface area contributed by atoms with E-state index in [0.29, 0.717) is 18.1 Å². The second-order valence-electron chi connectivity index (χ2n) is 4.41. The van der Waals surface area contributed by atoms with Gasteiger partial charge >= 0.3 is 17.9 Å². The zero-order valence-corrected chi connectivity index (χ0v) is 12.5. The van der Waals surface area contributed by atoms with Gasteiger partial charge in [-0.2, -0.15) is 0 Å². The minimum absolute atomic E-state index is 0.104. The topological polar surface area (TPSA) is 119 Å². The highest BCUT2D eigenvalue weighted by atomic mass is 35.5. The molecule has 0 spiro atoms. The number of esters is 2. The predicted molar refractivity (Wildman–Crippen MR) is 80.9 cm³/mol. The summed E-state index contributed by atoms with van der Waals surface area (Å²) in [7, 11) is 0. The van der Waals surface area contributed by atoms with Gasteiger partial charge in [0.2, 0.25) is 0 Å². The third kappa shape index (κ3) is 5.71. The quantitative estimate of drug-likeness (QED) is 0.373. The minimum Gasteiger partial charge on any atom is -0.481 e. The van der Waals surface area contributed by atoms with Crippen LogP contribution in [0.25, 0.3) is 0 Å². The number of carboxylic acids is 1. The summed E-state index contributed by atoms with van der Waals surface area (Å²) in [6, 6.07) is 5.32. The summed E-state index contributed by atoms with van der Waals surface area (Å²) in [5.41, 5.74) is 6.15. The summed E-state index contributed by atoms with van der Waals surface area (Å²) < 4.78 is 4.68. The molecule has 1 rings (SSSR count). The van der Waals surface area contributed by atoms with Crippen molar-refractivity contribution in [3.05, 3.63) is 29.8 Å². The Morgan fingerprint density at radius 1 is 1.32 bits per heavy atom. The van der Waals surface area contributed by atoms with Gasteiger partial charge in [0, 0.05) is 24.5 Å². The van der Waals surface area contributed by atoms with E-state index in [0.717, 1.165) is 0 Å². The van der Waals surface area contributed by atoms with Gasteiger partial charge in [-0.15, -0.1) is 11.6 Å². The van der Waals surface area contributed by atoms with Crippen LogP contribution in [0.1, 0.15) is 23.2 Å². The summed E-state index contributed by atoms with van der Waals surface area (Å²) in [6.07, 6.45) is -0.383. The number of rotatable bonds is 8. The first-order chi connectivity index (χ1) is 10.5. The molecule has 0 aliphatic carbocycles. The Morgan fingerprint density at radius 3 is 2.64 bits per heavy atom. The van der Waals surface area contributed by atoms with E-state index in [2.05, 4.69) is 10.1 Å². The molecule has 22 heavy (non-hydrogen) atoms. The number of nitrogens with two attached hydrogens (primary N) is 1. The molecule has 0 radical (unpaired) electrons. The molecule has 0 aromatic heterocycles. The lowest BCUT2D eigenvalue weighted by Gasteiger charge is -2.12. The van der Waals surface area contributed by atoms with Crippen molar-refractivity contribution in [3.63, 3.8) is 0 Å². The number of nitrogens with one attached hydrogen (secondary N) is 1. The number of carboxylic acid groups (broad SMARTS) is 1. The average molecular weight is 329 g/mol.